The maximum atomic E-state index is 13.5. The molecular weight excluding hydrogens is 416 g/mol. The van der Waals surface area contributed by atoms with Crippen molar-refractivity contribution in [3.8, 4) is 11.5 Å². The van der Waals surface area contributed by atoms with E-state index < -0.39 is 23.7 Å². The number of nitrogens with zero attached hydrogens (tertiary/aromatic N) is 2. The second-order valence-electron chi connectivity index (χ2n) is 7.60. The molecule has 0 radical (unpaired) electrons. The molecule has 0 fully saturated rings. The zero-order chi connectivity index (χ0) is 21.8. The summed E-state index contributed by atoms with van der Waals surface area (Å²) in [5.41, 5.74) is 0.228. The van der Waals surface area contributed by atoms with Gasteiger partial charge in [-0.05, 0) is 36.8 Å². The molecule has 5 rings (SSSR count). The molecule has 0 saturated heterocycles. The normalized spacial score (nSPS) is 23.8. The molecule has 3 heterocycles. The van der Waals surface area contributed by atoms with Crippen LogP contribution in [0.2, 0.25) is 0 Å². The summed E-state index contributed by atoms with van der Waals surface area (Å²) in [5, 5.41) is 0. The van der Waals surface area contributed by atoms with Crippen LogP contribution >= 0.6 is 11.3 Å². The van der Waals surface area contributed by atoms with E-state index in [1.54, 1.807) is 18.6 Å². The van der Waals surface area contributed by atoms with Gasteiger partial charge in [-0.3, -0.25) is 14.2 Å². The quantitative estimate of drug-likeness (QED) is 0.586. The number of rotatable bonds is 3. The minimum atomic E-state index is -1.17. The van der Waals surface area contributed by atoms with Gasteiger partial charge in [0.25, 0.3) is 5.56 Å². The number of hydrogen-bond donors (Lipinski definition) is 0. The summed E-state index contributed by atoms with van der Waals surface area (Å²) in [6, 6.07) is 14.3. The second kappa shape index (κ2) is 7.09. The number of ether oxygens (including phenoxy) is 3. The summed E-state index contributed by atoms with van der Waals surface area (Å²) in [6.07, 6.45) is 1.81. The van der Waals surface area contributed by atoms with Crippen LogP contribution in [0.4, 0.5) is 0 Å². The third-order valence-electron chi connectivity index (χ3n) is 5.73. The molecule has 0 saturated carbocycles. The first-order valence-corrected chi connectivity index (χ1v) is 10.6. The molecule has 31 heavy (non-hydrogen) atoms. The molecule has 2 unspecified atom stereocenters. The van der Waals surface area contributed by atoms with Gasteiger partial charge in [0.1, 0.15) is 17.4 Å². The molecule has 0 N–H and O–H groups in total. The standard InChI is InChI=1S/C23H20N2O5S/c1-23-18(21(27)29-3)19(15-9-4-5-10-16(15)30-23)25-20(26)17(31-22(25)24-23)12-13-7-6-8-14(11-13)28-2/h4-12,18-19H,1-3H3/t18?,19?,23-/m0/s1. The Morgan fingerprint density at radius 3 is 2.81 bits per heavy atom. The molecule has 0 spiro atoms. The Morgan fingerprint density at radius 2 is 2.03 bits per heavy atom. The molecule has 1 aromatic heterocycles. The number of fused-ring (bicyclic) bond motifs is 6. The topological polar surface area (TPSA) is 79.1 Å². The summed E-state index contributed by atoms with van der Waals surface area (Å²) in [6.45, 7) is 1.76. The Balaban J connectivity index is 1.77. The lowest BCUT2D eigenvalue weighted by Crippen LogP contribution is -2.58. The number of para-hydroxylation sites is 1. The van der Waals surface area contributed by atoms with E-state index >= 15 is 0 Å². The average molecular weight is 436 g/mol. The molecule has 3 aromatic rings. The van der Waals surface area contributed by atoms with Crippen molar-refractivity contribution < 1.29 is 19.0 Å². The van der Waals surface area contributed by atoms with E-state index in [1.165, 1.54) is 18.4 Å². The van der Waals surface area contributed by atoms with Gasteiger partial charge in [0.05, 0.1) is 24.8 Å². The van der Waals surface area contributed by atoms with Crippen LogP contribution in [0.25, 0.3) is 6.08 Å². The predicted molar refractivity (Wildman–Crippen MR) is 115 cm³/mol. The van der Waals surface area contributed by atoms with Crippen LogP contribution in [-0.2, 0) is 9.53 Å². The number of carbonyl (C=O) groups excluding carboxylic acids is 1. The largest absolute Gasteiger partial charge is 0.497 e. The van der Waals surface area contributed by atoms with Crippen molar-refractivity contribution in [1.82, 2.24) is 4.57 Å². The molecule has 7 nitrogen and oxygen atoms in total. The number of thiazole rings is 1. The van der Waals surface area contributed by atoms with Crippen LogP contribution in [-0.4, -0.2) is 30.5 Å². The Morgan fingerprint density at radius 1 is 1.23 bits per heavy atom. The molecule has 2 bridgehead atoms. The average Bonchev–Trinajstić information content (AvgIpc) is 3.06. The molecule has 2 aliphatic rings. The van der Waals surface area contributed by atoms with Crippen molar-refractivity contribution in [2.45, 2.75) is 18.7 Å². The van der Waals surface area contributed by atoms with Crippen molar-refractivity contribution >= 4 is 23.4 Å². The van der Waals surface area contributed by atoms with E-state index in [2.05, 4.69) is 0 Å². The van der Waals surface area contributed by atoms with Crippen LogP contribution in [0.15, 0.2) is 58.3 Å². The smallest absolute Gasteiger partial charge is 0.317 e. The molecular formula is C23H20N2O5S. The molecule has 3 atom stereocenters. The molecule has 158 valence electrons. The zero-order valence-corrected chi connectivity index (χ0v) is 18.0. The van der Waals surface area contributed by atoms with Gasteiger partial charge in [-0.25, -0.2) is 4.99 Å². The number of aromatic nitrogens is 1. The molecule has 2 aromatic carbocycles. The summed E-state index contributed by atoms with van der Waals surface area (Å²) in [5.74, 6) is 0.0713. The van der Waals surface area contributed by atoms with Crippen LogP contribution in [0.5, 0.6) is 11.5 Å². The van der Waals surface area contributed by atoms with Crippen molar-refractivity contribution in [2.24, 2.45) is 10.9 Å². The summed E-state index contributed by atoms with van der Waals surface area (Å²) < 4.78 is 18.6. The van der Waals surface area contributed by atoms with E-state index in [1.807, 2.05) is 54.6 Å². The number of methoxy groups -OCH3 is 2. The van der Waals surface area contributed by atoms with Gasteiger partial charge >= 0.3 is 5.97 Å². The highest BCUT2D eigenvalue weighted by atomic mass is 32.1. The summed E-state index contributed by atoms with van der Waals surface area (Å²) in [7, 11) is 2.93. The van der Waals surface area contributed by atoms with Crippen molar-refractivity contribution in [3.63, 3.8) is 0 Å². The van der Waals surface area contributed by atoms with Crippen LogP contribution < -0.4 is 24.4 Å². The highest BCUT2D eigenvalue weighted by Crippen LogP contribution is 2.47. The molecule has 0 aliphatic carbocycles. The van der Waals surface area contributed by atoms with Crippen molar-refractivity contribution in [2.75, 3.05) is 14.2 Å². The maximum absolute atomic E-state index is 13.5. The van der Waals surface area contributed by atoms with Crippen LogP contribution in [0, 0.1) is 5.92 Å². The third kappa shape index (κ3) is 2.97. The lowest BCUT2D eigenvalue weighted by molar-refractivity contribution is -0.158. The Kier molecular flexibility index (Phi) is 4.48. The maximum Gasteiger partial charge on any atom is 0.317 e. The lowest BCUT2D eigenvalue weighted by atomic mass is 9.81. The first-order valence-electron chi connectivity index (χ1n) is 9.78. The highest BCUT2D eigenvalue weighted by molar-refractivity contribution is 7.07. The molecule has 2 aliphatic heterocycles. The fourth-order valence-electron chi connectivity index (χ4n) is 4.31. The van der Waals surface area contributed by atoms with E-state index in [0.717, 1.165) is 11.1 Å². The Hall–Kier alpha value is -3.39. The summed E-state index contributed by atoms with van der Waals surface area (Å²) in [4.78, 5) is 31.5. The predicted octanol–water partition coefficient (Wildman–Crippen LogP) is 1.87. The SMILES string of the molecule is COC(=O)C1C2c3ccccc3O[C@]1(C)N=c1sc(=Cc3cccc(OC)c3)c(=O)n12. The number of benzene rings is 2. The number of hydrogen-bond acceptors (Lipinski definition) is 7. The fraction of sp³-hybridized carbons (Fsp3) is 0.261. The fourth-order valence-corrected chi connectivity index (χ4v) is 5.41. The second-order valence-corrected chi connectivity index (χ2v) is 8.61. The van der Waals surface area contributed by atoms with E-state index in [9.17, 15) is 9.59 Å². The van der Waals surface area contributed by atoms with Gasteiger partial charge < -0.3 is 14.2 Å². The van der Waals surface area contributed by atoms with Gasteiger partial charge in [0.2, 0.25) is 5.72 Å². The van der Waals surface area contributed by atoms with Crippen molar-refractivity contribution in [1.29, 1.82) is 0 Å². The molecule has 0 amide bonds. The van der Waals surface area contributed by atoms with E-state index in [-0.39, 0.29) is 5.56 Å². The number of carbonyl (C=O) groups is 1. The third-order valence-corrected chi connectivity index (χ3v) is 6.71. The highest BCUT2D eigenvalue weighted by Gasteiger charge is 2.55. The van der Waals surface area contributed by atoms with Crippen LogP contribution in [0.1, 0.15) is 24.1 Å². The first kappa shape index (κ1) is 19.6. The minimum Gasteiger partial charge on any atom is -0.497 e. The van der Waals surface area contributed by atoms with Gasteiger partial charge in [0.15, 0.2) is 4.80 Å². The lowest BCUT2D eigenvalue weighted by Gasteiger charge is -2.44. The van der Waals surface area contributed by atoms with Gasteiger partial charge in [-0.2, -0.15) is 0 Å². The monoisotopic (exact) mass is 436 g/mol. The Labute approximate surface area is 181 Å². The van der Waals surface area contributed by atoms with Gasteiger partial charge in [-0.15, -0.1) is 0 Å². The van der Waals surface area contributed by atoms with Crippen LogP contribution in [0.3, 0.4) is 0 Å². The first-order chi connectivity index (χ1) is 14.9. The van der Waals surface area contributed by atoms with Gasteiger partial charge in [0, 0.05) is 5.56 Å². The van der Waals surface area contributed by atoms with E-state index in [0.29, 0.717) is 20.8 Å². The number of esters is 1. The Bertz CT molecular complexity index is 1380. The zero-order valence-electron chi connectivity index (χ0n) is 17.2. The van der Waals surface area contributed by atoms with Gasteiger partial charge in [-0.1, -0.05) is 41.7 Å². The minimum absolute atomic E-state index is 0.204. The summed E-state index contributed by atoms with van der Waals surface area (Å²) >= 11 is 1.28. The van der Waals surface area contributed by atoms with Crippen molar-refractivity contribution in [3.05, 3.63) is 79.3 Å². The van der Waals surface area contributed by atoms with E-state index in [4.69, 9.17) is 19.2 Å². The molecule has 8 heteroatoms.